The van der Waals surface area contributed by atoms with Crippen LogP contribution in [0, 0.1) is 0 Å². The Kier molecular flexibility index (Phi) is 8.51. The van der Waals surface area contributed by atoms with Gasteiger partial charge in [0.05, 0.1) is 22.6 Å². The molecule has 0 aliphatic carbocycles. The number of para-hydroxylation sites is 1. The molecule has 0 atom stereocenters. The van der Waals surface area contributed by atoms with Gasteiger partial charge < -0.3 is 0 Å². The smallest absolute Gasteiger partial charge is 0.160 e. The highest BCUT2D eigenvalue weighted by molar-refractivity contribution is 6.19. The molecule has 3 nitrogen and oxygen atoms in total. The summed E-state index contributed by atoms with van der Waals surface area (Å²) in [5.41, 5.74) is 14.8. The summed E-state index contributed by atoms with van der Waals surface area (Å²) < 4.78 is 0. The molecule has 0 amide bonds. The third-order valence-electron chi connectivity index (χ3n) is 10.5. The zero-order chi connectivity index (χ0) is 37.3. The van der Waals surface area contributed by atoms with Gasteiger partial charge in [0, 0.05) is 44.0 Å². The molecule has 0 saturated carbocycles. The van der Waals surface area contributed by atoms with Gasteiger partial charge in [-0.25, -0.2) is 15.0 Å². The molecule has 0 N–H and O–H groups in total. The second-order valence-corrected chi connectivity index (χ2v) is 14.0. The zero-order valence-electron chi connectivity index (χ0n) is 30.5. The van der Waals surface area contributed by atoms with E-state index in [9.17, 15) is 0 Å². The Bertz CT molecular complexity index is 2920. The van der Waals surface area contributed by atoms with Crippen LogP contribution in [0.1, 0.15) is 0 Å². The van der Waals surface area contributed by atoms with Gasteiger partial charge in [0.1, 0.15) is 0 Å². The summed E-state index contributed by atoms with van der Waals surface area (Å²) in [5.74, 6) is 0.708. The molecular formula is C53H35N3. The lowest BCUT2D eigenvalue weighted by Crippen LogP contribution is -1.96. The summed E-state index contributed by atoms with van der Waals surface area (Å²) in [6.45, 7) is 0. The molecule has 2 heterocycles. The standard InChI is InChI=1S/C53H35N3/c1-5-16-37(17-6-1)44-26-14-28-46-50(44)47-29-15-27-45(52(47)56-51(46)40-20-9-3-10-21-40)38-32-30-36(31-33-38)42-24-13-25-43(34-42)49-35-48(39-18-7-2-8-19-39)54-53(55-49)41-22-11-4-12-23-41/h1-35H. The monoisotopic (exact) mass is 713 g/mol. The number of nitrogens with zero attached hydrogens (tertiary/aromatic N) is 3. The topological polar surface area (TPSA) is 38.7 Å². The largest absolute Gasteiger partial charge is 0.246 e. The van der Waals surface area contributed by atoms with Crippen LogP contribution in [0.15, 0.2) is 212 Å². The maximum Gasteiger partial charge on any atom is 0.160 e. The highest BCUT2D eigenvalue weighted by Gasteiger charge is 2.17. The van der Waals surface area contributed by atoms with Crippen LogP contribution in [-0.2, 0) is 0 Å². The van der Waals surface area contributed by atoms with Gasteiger partial charge in [0.2, 0.25) is 0 Å². The third kappa shape index (κ3) is 6.21. The predicted molar refractivity (Wildman–Crippen MR) is 233 cm³/mol. The Balaban J connectivity index is 1.07. The van der Waals surface area contributed by atoms with Crippen molar-refractivity contribution in [3.8, 4) is 78.5 Å². The molecule has 0 bridgehead atoms. The van der Waals surface area contributed by atoms with E-state index in [-0.39, 0.29) is 0 Å². The number of aromatic nitrogens is 3. The van der Waals surface area contributed by atoms with Crippen molar-refractivity contribution in [3.05, 3.63) is 212 Å². The molecule has 10 aromatic rings. The van der Waals surface area contributed by atoms with Crippen LogP contribution in [0.5, 0.6) is 0 Å². The van der Waals surface area contributed by atoms with Crippen molar-refractivity contribution in [2.45, 2.75) is 0 Å². The first-order valence-electron chi connectivity index (χ1n) is 18.9. The van der Waals surface area contributed by atoms with Gasteiger partial charge in [-0.3, -0.25) is 0 Å². The van der Waals surface area contributed by atoms with Crippen molar-refractivity contribution in [1.29, 1.82) is 0 Å². The third-order valence-corrected chi connectivity index (χ3v) is 10.5. The van der Waals surface area contributed by atoms with Gasteiger partial charge in [-0.05, 0) is 39.9 Å². The lowest BCUT2D eigenvalue weighted by atomic mass is 9.91. The summed E-state index contributed by atoms with van der Waals surface area (Å²) in [6, 6.07) is 74.5. The first kappa shape index (κ1) is 33.1. The van der Waals surface area contributed by atoms with Gasteiger partial charge in [-0.2, -0.15) is 0 Å². The average Bonchev–Trinajstić information content (AvgIpc) is 3.29. The summed E-state index contributed by atoms with van der Waals surface area (Å²) in [7, 11) is 0. The molecule has 0 fully saturated rings. The highest BCUT2D eigenvalue weighted by Crippen LogP contribution is 2.41. The van der Waals surface area contributed by atoms with Crippen molar-refractivity contribution in [1.82, 2.24) is 15.0 Å². The Morgan fingerprint density at radius 2 is 0.750 bits per heavy atom. The minimum Gasteiger partial charge on any atom is -0.246 e. The van der Waals surface area contributed by atoms with E-state index in [4.69, 9.17) is 15.0 Å². The van der Waals surface area contributed by atoms with E-state index in [0.29, 0.717) is 5.82 Å². The lowest BCUT2D eigenvalue weighted by Gasteiger charge is -2.16. The normalized spacial score (nSPS) is 11.2. The van der Waals surface area contributed by atoms with Gasteiger partial charge in [0.15, 0.2) is 5.82 Å². The maximum absolute atomic E-state index is 5.46. The Hall–Kier alpha value is -7.49. The van der Waals surface area contributed by atoms with E-state index in [0.717, 1.165) is 77.9 Å². The summed E-state index contributed by atoms with van der Waals surface area (Å²) in [4.78, 5) is 15.5. The number of fused-ring (bicyclic) bond motifs is 3. The van der Waals surface area contributed by atoms with Crippen molar-refractivity contribution < 1.29 is 0 Å². The SMILES string of the molecule is c1ccc(-c2cc(-c3cccc(-c4ccc(-c5cccc6c5nc(-c5ccccc5)c5cccc(-c7ccccc7)c56)cc4)c3)nc(-c3ccccc3)n2)cc1. The van der Waals surface area contributed by atoms with Crippen LogP contribution in [-0.4, -0.2) is 15.0 Å². The minimum atomic E-state index is 0.708. The Morgan fingerprint density at radius 3 is 1.43 bits per heavy atom. The van der Waals surface area contributed by atoms with Crippen LogP contribution < -0.4 is 0 Å². The number of hydrogen-bond acceptors (Lipinski definition) is 3. The van der Waals surface area contributed by atoms with Crippen molar-refractivity contribution in [2.75, 3.05) is 0 Å². The number of benzene rings is 8. The van der Waals surface area contributed by atoms with Crippen LogP contribution in [0.4, 0.5) is 0 Å². The van der Waals surface area contributed by atoms with Crippen LogP contribution in [0.25, 0.3) is 100 Å². The molecular weight excluding hydrogens is 679 g/mol. The fourth-order valence-corrected chi connectivity index (χ4v) is 7.75. The molecule has 262 valence electrons. The van der Waals surface area contributed by atoms with Crippen LogP contribution in [0.2, 0.25) is 0 Å². The number of rotatable bonds is 7. The molecule has 0 spiro atoms. The molecule has 0 aliphatic rings. The van der Waals surface area contributed by atoms with Crippen molar-refractivity contribution in [3.63, 3.8) is 0 Å². The van der Waals surface area contributed by atoms with E-state index < -0.39 is 0 Å². The second kappa shape index (κ2) is 14.4. The van der Waals surface area contributed by atoms with Gasteiger partial charge in [0.25, 0.3) is 0 Å². The van der Waals surface area contributed by atoms with E-state index in [1.54, 1.807) is 0 Å². The van der Waals surface area contributed by atoms with Crippen LogP contribution >= 0.6 is 0 Å². The Morgan fingerprint density at radius 1 is 0.268 bits per heavy atom. The molecule has 0 saturated heterocycles. The van der Waals surface area contributed by atoms with Gasteiger partial charge >= 0.3 is 0 Å². The van der Waals surface area contributed by atoms with E-state index >= 15 is 0 Å². The minimum absolute atomic E-state index is 0.708. The van der Waals surface area contributed by atoms with E-state index in [1.165, 1.54) is 16.5 Å². The maximum atomic E-state index is 5.46. The Labute approximate surface area is 326 Å². The molecule has 56 heavy (non-hydrogen) atoms. The van der Waals surface area contributed by atoms with Gasteiger partial charge in [-0.15, -0.1) is 0 Å². The van der Waals surface area contributed by atoms with E-state index in [1.807, 2.05) is 36.4 Å². The summed E-state index contributed by atoms with van der Waals surface area (Å²) >= 11 is 0. The van der Waals surface area contributed by atoms with Crippen molar-refractivity contribution >= 4 is 21.7 Å². The number of pyridine rings is 1. The predicted octanol–water partition coefficient (Wildman–Crippen LogP) is 13.8. The highest BCUT2D eigenvalue weighted by atomic mass is 14.9. The molecule has 0 unspecified atom stereocenters. The fraction of sp³-hybridized carbons (Fsp3) is 0. The van der Waals surface area contributed by atoms with Crippen LogP contribution in [0.3, 0.4) is 0 Å². The quantitative estimate of drug-likeness (QED) is 0.154. The average molecular weight is 714 g/mol. The van der Waals surface area contributed by atoms with Gasteiger partial charge in [-0.1, -0.05) is 200 Å². The molecule has 0 aliphatic heterocycles. The molecule has 8 aromatic carbocycles. The summed E-state index contributed by atoms with van der Waals surface area (Å²) in [6.07, 6.45) is 0. The second-order valence-electron chi connectivity index (χ2n) is 14.0. The molecule has 2 aromatic heterocycles. The summed E-state index contributed by atoms with van der Waals surface area (Å²) in [5, 5.41) is 3.50. The molecule has 3 heteroatoms. The molecule has 10 rings (SSSR count). The van der Waals surface area contributed by atoms with E-state index in [2.05, 4.69) is 176 Å². The van der Waals surface area contributed by atoms with Crippen molar-refractivity contribution in [2.24, 2.45) is 0 Å². The lowest BCUT2D eigenvalue weighted by molar-refractivity contribution is 1.18. The number of hydrogen-bond donors (Lipinski definition) is 0. The first-order chi connectivity index (χ1) is 27.8. The fourth-order valence-electron chi connectivity index (χ4n) is 7.75. The molecule has 0 radical (unpaired) electrons. The first-order valence-corrected chi connectivity index (χ1v) is 18.9. The zero-order valence-corrected chi connectivity index (χ0v) is 30.5.